The summed E-state index contributed by atoms with van der Waals surface area (Å²) < 4.78 is 42.6. The van der Waals surface area contributed by atoms with Gasteiger partial charge in [-0.2, -0.15) is 0 Å². The molecule has 1 heterocycles. The molecule has 0 radical (unpaired) electrons. The van der Waals surface area contributed by atoms with Crippen molar-refractivity contribution < 1.29 is 22.3 Å². The molecule has 1 amide bonds. The number of halogens is 1. The van der Waals surface area contributed by atoms with Gasteiger partial charge in [-0.15, -0.1) is 0 Å². The van der Waals surface area contributed by atoms with Gasteiger partial charge in [-0.25, -0.2) is 17.8 Å². The van der Waals surface area contributed by atoms with Gasteiger partial charge in [-0.05, 0) is 66.7 Å². The summed E-state index contributed by atoms with van der Waals surface area (Å²) >= 11 is 1.19. The Bertz CT molecular complexity index is 1330. The fourth-order valence-corrected chi connectivity index (χ4v) is 4.29. The number of benzene rings is 3. The molecule has 0 bridgehead atoms. The first-order valence-electron chi connectivity index (χ1n) is 8.73. The van der Waals surface area contributed by atoms with Gasteiger partial charge in [0.1, 0.15) is 17.3 Å². The fraction of sp³-hybridized carbons (Fsp3) is 0.0476. The van der Waals surface area contributed by atoms with Gasteiger partial charge < -0.3 is 4.74 Å². The second kappa shape index (κ2) is 7.85. The van der Waals surface area contributed by atoms with E-state index in [1.807, 2.05) is 0 Å². The Morgan fingerprint density at radius 2 is 1.63 bits per heavy atom. The summed E-state index contributed by atoms with van der Waals surface area (Å²) in [5, 5.41) is 3.09. The number of sulfone groups is 1. The first-order chi connectivity index (χ1) is 14.3. The van der Waals surface area contributed by atoms with Crippen molar-refractivity contribution in [1.82, 2.24) is 4.98 Å². The van der Waals surface area contributed by atoms with Crippen LogP contribution in [0.15, 0.2) is 71.6 Å². The van der Waals surface area contributed by atoms with Crippen molar-refractivity contribution in [3.05, 3.63) is 78.1 Å². The van der Waals surface area contributed by atoms with E-state index in [9.17, 15) is 17.6 Å². The van der Waals surface area contributed by atoms with E-state index in [1.54, 1.807) is 36.4 Å². The van der Waals surface area contributed by atoms with Crippen molar-refractivity contribution in [3.8, 4) is 11.5 Å². The van der Waals surface area contributed by atoms with Crippen molar-refractivity contribution in [2.24, 2.45) is 0 Å². The second-order valence-corrected chi connectivity index (χ2v) is 9.50. The van der Waals surface area contributed by atoms with Gasteiger partial charge in [0.05, 0.1) is 15.1 Å². The summed E-state index contributed by atoms with van der Waals surface area (Å²) in [6, 6.07) is 16.7. The van der Waals surface area contributed by atoms with Crippen LogP contribution in [-0.2, 0) is 9.84 Å². The molecule has 0 unspecified atom stereocenters. The van der Waals surface area contributed by atoms with Gasteiger partial charge in [0.25, 0.3) is 5.91 Å². The molecule has 0 aliphatic carbocycles. The normalized spacial score (nSPS) is 11.4. The number of hydrogen-bond acceptors (Lipinski definition) is 6. The summed E-state index contributed by atoms with van der Waals surface area (Å²) in [6.07, 6.45) is 1.14. The SMILES string of the molecule is CS(=O)(=O)c1ccc2nc(NC(=O)c3ccc(Oc4ccc(F)cc4)cc3)sc2c1. The van der Waals surface area contributed by atoms with Crippen LogP contribution < -0.4 is 10.1 Å². The van der Waals surface area contributed by atoms with Crippen molar-refractivity contribution >= 4 is 42.4 Å². The number of carbonyl (C=O) groups is 1. The van der Waals surface area contributed by atoms with Crippen molar-refractivity contribution in [3.63, 3.8) is 0 Å². The quantitative estimate of drug-likeness (QED) is 0.476. The number of amides is 1. The Labute approximate surface area is 175 Å². The lowest BCUT2D eigenvalue weighted by Gasteiger charge is -2.06. The highest BCUT2D eigenvalue weighted by Crippen LogP contribution is 2.29. The maximum absolute atomic E-state index is 13.0. The molecule has 6 nitrogen and oxygen atoms in total. The maximum atomic E-state index is 13.0. The van der Waals surface area contributed by atoms with Gasteiger partial charge >= 0.3 is 0 Å². The van der Waals surface area contributed by atoms with E-state index in [4.69, 9.17) is 4.74 Å². The number of thiazole rings is 1. The number of nitrogens with zero attached hydrogens (tertiary/aromatic N) is 1. The highest BCUT2D eigenvalue weighted by molar-refractivity contribution is 7.90. The van der Waals surface area contributed by atoms with Crippen LogP contribution in [0.3, 0.4) is 0 Å². The Morgan fingerprint density at radius 1 is 1.00 bits per heavy atom. The number of nitrogens with one attached hydrogen (secondary N) is 1. The molecular formula is C21H15FN2O4S2. The number of ether oxygens (including phenoxy) is 1. The van der Waals surface area contributed by atoms with E-state index in [2.05, 4.69) is 10.3 Å². The second-order valence-electron chi connectivity index (χ2n) is 6.46. The summed E-state index contributed by atoms with van der Waals surface area (Å²) in [6.45, 7) is 0. The molecule has 0 aliphatic heterocycles. The zero-order valence-corrected chi connectivity index (χ0v) is 17.3. The largest absolute Gasteiger partial charge is 0.457 e. The lowest BCUT2D eigenvalue weighted by molar-refractivity contribution is 0.102. The maximum Gasteiger partial charge on any atom is 0.257 e. The predicted octanol–water partition coefficient (Wildman–Crippen LogP) is 4.88. The van der Waals surface area contributed by atoms with Crippen LogP contribution in [-0.4, -0.2) is 25.6 Å². The average Bonchev–Trinajstić information content (AvgIpc) is 3.11. The molecule has 4 rings (SSSR count). The van der Waals surface area contributed by atoms with E-state index in [0.717, 1.165) is 6.26 Å². The number of carbonyl (C=O) groups excluding carboxylic acids is 1. The first kappa shape index (κ1) is 20.0. The minimum absolute atomic E-state index is 0.202. The third kappa shape index (κ3) is 4.47. The Kier molecular flexibility index (Phi) is 5.23. The summed E-state index contributed by atoms with van der Waals surface area (Å²) in [7, 11) is -3.32. The predicted molar refractivity (Wildman–Crippen MR) is 114 cm³/mol. The van der Waals surface area contributed by atoms with Gasteiger partial charge in [0.2, 0.25) is 0 Å². The third-order valence-electron chi connectivity index (χ3n) is 4.17. The molecule has 9 heteroatoms. The molecule has 4 aromatic rings. The standard InChI is InChI=1S/C21H15FN2O4S2/c1-30(26,27)17-10-11-18-19(12-17)29-21(23-18)24-20(25)13-2-6-15(7-3-13)28-16-8-4-14(22)5-9-16/h2-12H,1H3,(H,23,24,25). The molecule has 0 saturated heterocycles. The van der Waals surface area contributed by atoms with Crippen LogP contribution in [0.1, 0.15) is 10.4 Å². The lowest BCUT2D eigenvalue weighted by atomic mass is 10.2. The van der Waals surface area contributed by atoms with E-state index < -0.39 is 9.84 Å². The Balaban J connectivity index is 1.47. The van der Waals surface area contributed by atoms with E-state index in [-0.39, 0.29) is 16.6 Å². The number of fused-ring (bicyclic) bond motifs is 1. The molecule has 1 N–H and O–H groups in total. The topological polar surface area (TPSA) is 85.4 Å². The van der Waals surface area contributed by atoms with Crippen LogP contribution in [0.5, 0.6) is 11.5 Å². The van der Waals surface area contributed by atoms with E-state index >= 15 is 0 Å². The highest BCUT2D eigenvalue weighted by atomic mass is 32.2. The van der Waals surface area contributed by atoms with Crippen LogP contribution in [0.25, 0.3) is 10.2 Å². The van der Waals surface area contributed by atoms with Crippen molar-refractivity contribution in [1.29, 1.82) is 0 Å². The molecule has 0 aliphatic rings. The highest BCUT2D eigenvalue weighted by Gasteiger charge is 2.13. The minimum atomic E-state index is -3.32. The molecular weight excluding hydrogens is 427 g/mol. The Hall–Kier alpha value is -3.30. The van der Waals surface area contributed by atoms with Crippen molar-refractivity contribution in [2.45, 2.75) is 4.90 Å². The molecule has 0 spiro atoms. The van der Waals surface area contributed by atoms with E-state index in [1.165, 1.54) is 41.7 Å². The number of aromatic nitrogens is 1. The molecule has 0 atom stereocenters. The molecule has 152 valence electrons. The number of anilines is 1. The minimum Gasteiger partial charge on any atom is -0.457 e. The summed E-state index contributed by atoms with van der Waals surface area (Å²) in [4.78, 5) is 17.0. The Morgan fingerprint density at radius 3 is 2.27 bits per heavy atom. The monoisotopic (exact) mass is 442 g/mol. The smallest absolute Gasteiger partial charge is 0.257 e. The zero-order chi connectivity index (χ0) is 21.3. The first-order valence-corrected chi connectivity index (χ1v) is 11.4. The fourth-order valence-electron chi connectivity index (χ4n) is 2.67. The van der Waals surface area contributed by atoms with Crippen molar-refractivity contribution in [2.75, 3.05) is 11.6 Å². The zero-order valence-electron chi connectivity index (χ0n) is 15.6. The van der Waals surface area contributed by atoms with Crippen LogP contribution in [0.2, 0.25) is 0 Å². The molecule has 0 saturated carbocycles. The van der Waals surface area contributed by atoms with Gasteiger partial charge in [0.15, 0.2) is 15.0 Å². The van der Waals surface area contributed by atoms with Crippen LogP contribution in [0, 0.1) is 5.82 Å². The van der Waals surface area contributed by atoms with Gasteiger partial charge in [0, 0.05) is 11.8 Å². The number of rotatable bonds is 5. The molecule has 30 heavy (non-hydrogen) atoms. The van der Waals surface area contributed by atoms with E-state index in [0.29, 0.717) is 32.4 Å². The molecule has 0 fully saturated rings. The van der Waals surface area contributed by atoms with Gasteiger partial charge in [-0.3, -0.25) is 10.1 Å². The molecule has 3 aromatic carbocycles. The van der Waals surface area contributed by atoms with Crippen LogP contribution in [0.4, 0.5) is 9.52 Å². The molecule has 1 aromatic heterocycles. The lowest BCUT2D eigenvalue weighted by Crippen LogP contribution is -2.11. The number of hydrogen-bond donors (Lipinski definition) is 1. The van der Waals surface area contributed by atoms with Crippen LogP contribution >= 0.6 is 11.3 Å². The summed E-state index contributed by atoms with van der Waals surface area (Å²) in [5.74, 6) is 0.283. The van der Waals surface area contributed by atoms with Gasteiger partial charge in [-0.1, -0.05) is 11.3 Å². The summed E-state index contributed by atoms with van der Waals surface area (Å²) in [5.41, 5.74) is 1.00. The third-order valence-corrected chi connectivity index (χ3v) is 6.22. The average molecular weight is 442 g/mol.